The maximum absolute atomic E-state index is 12.5. The van der Waals surface area contributed by atoms with Gasteiger partial charge in [-0.2, -0.15) is 0 Å². The van der Waals surface area contributed by atoms with Crippen molar-refractivity contribution in [3.05, 3.63) is 35.1 Å². The Kier molecular flexibility index (Phi) is 2.39. The van der Waals surface area contributed by atoms with Gasteiger partial charge in [-0.15, -0.1) is 11.6 Å². The number of halogens is 4. The highest BCUT2D eigenvalue weighted by molar-refractivity contribution is 6.17. The molecule has 0 aliphatic carbocycles. The summed E-state index contributed by atoms with van der Waals surface area (Å²) in [6, 6.07) is 1.20. The molecular weight excluding hydrogens is 177 g/mol. The van der Waals surface area contributed by atoms with Crippen molar-refractivity contribution in [3.63, 3.8) is 0 Å². The molecule has 0 spiro atoms. The average Bonchev–Trinajstić information content (AvgIpc) is 1.85. The van der Waals surface area contributed by atoms with Crippen LogP contribution in [0, 0.1) is 17.5 Å². The summed E-state index contributed by atoms with van der Waals surface area (Å²) in [6.07, 6.45) is 0. The maximum Gasteiger partial charge on any atom is 0.133 e. The van der Waals surface area contributed by atoms with Crippen LogP contribution < -0.4 is 0 Å². The molecule has 0 aliphatic heterocycles. The minimum absolute atomic E-state index is 0.294. The summed E-state index contributed by atoms with van der Waals surface area (Å²) in [5, 5.41) is 0. The van der Waals surface area contributed by atoms with E-state index in [-0.39, 0.29) is 11.4 Å². The standard InChI is InChI=1S/C7H4ClF3/c8-3-5-6(10)1-4(9)2-7(5)11/h1-2H,3H2. The van der Waals surface area contributed by atoms with E-state index in [1.807, 2.05) is 0 Å². The number of hydrogen-bond acceptors (Lipinski definition) is 0. The maximum atomic E-state index is 12.5. The van der Waals surface area contributed by atoms with Gasteiger partial charge in [-0.05, 0) is 0 Å². The molecule has 1 rings (SSSR count). The predicted octanol–water partition coefficient (Wildman–Crippen LogP) is 2.84. The highest BCUT2D eigenvalue weighted by atomic mass is 35.5. The number of alkyl halides is 1. The van der Waals surface area contributed by atoms with Crippen LogP contribution in [0.25, 0.3) is 0 Å². The molecular formula is C7H4ClF3. The lowest BCUT2D eigenvalue weighted by Gasteiger charge is -1.99. The monoisotopic (exact) mass is 180 g/mol. The van der Waals surface area contributed by atoms with E-state index in [1.54, 1.807) is 0 Å². The highest BCUT2D eigenvalue weighted by Gasteiger charge is 2.09. The molecule has 0 atom stereocenters. The van der Waals surface area contributed by atoms with Gasteiger partial charge in [-0.1, -0.05) is 0 Å². The first-order valence-corrected chi connectivity index (χ1v) is 3.38. The fourth-order valence-electron chi connectivity index (χ4n) is 0.700. The van der Waals surface area contributed by atoms with Gasteiger partial charge in [0.2, 0.25) is 0 Å². The van der Waals surface area contributed by atoms with Gasteiger partial charge in [0.25, 0.3) is 0 Å². The second-order valence-electron chi connectivity index (χ2n) is 1.98. The number of rotatable bonds is 1. The Labute approximate surface area is 66.6 Å². The summed E-state index contributed by atoms with van der Waals surface area (Å²) < 4.78 is 37.3. The molecule has 0 fully saturated rings. The van der Waals surface area contributed by atoms with Crippen molar-refractivity contribution in [2.75, 3.05) is 0 Å². The van der Waals surface area contributed by atoms with E-state index >= 15 is 0 Å². The van der Waals surface area contributed by atoms with Gasteiger partial charge < -0.3 is 0 Å². The molecule has 0 unspecified atom stereocenters. The first kappa shape index (κ1) is 8.40. The Morgan fingerprint density at radius 3 is 1.91 bits per heavy atom. The Balaban J connectivity index is 3.25. The summed E-state index contributed by atoms with van der Waals surface area (Å²) >= 11 is 5.19. The lowest BCUT2D eigenvalue weighted by Crippen LogP contribution is -1.93. The summed E-state index contributed by atoms with van der Waals surface area (Å²) in [5.74, 6) is -3.12. The van der Waals surface area contributed by atoms with Crippen LogP contribution in [0.5, 0.6) is 0 Å². The van der Waals surface area contributed by atoms with E-state index in [9.17, 15) is 13.2 Å². The van der Waals surface area contributed by atoms with Gasteiger partial charge in [0.1, 0.15) is 17.5 Å². The van der Waals surface area contributed by atoms with Crippen molar-refractivity contribution in [3.8, 4) is 0 Å². The molecule has 0 saturated carbocycles. The van der Waals surface area contributed by atoms with E-state index in [2.05, 4.69) is 0 Å². The highest BCUT2D eigenvalue weighted by Crippen LogP contribution is 2.16. The molecule has 60 valence electrons. The molecule has 11 heavy (non-hydrogen) atoms. The van der Waals surface area contributed by atoms with Crippen LogP contribution in [0.2, 0.25) is 0 Å². The molecule has 0 N–H and O–H groups in total. The molecule has 0 aliphatic rings. The largest absolute Gasteiger partial charge is 0.207 e. The van der Waals surface area contributed by atoms with Gasteiger partial charge >= 0.3 is 0 Å². The van der Waals surface area contributed by atoms with Gasteiger partial charge in [-0.3, -0.25) is 0 Å². The first-order chi connectivity index (χ1) is 5.15. The molecule has 1 aromatic carbocycles. The van der Waals surface area contributed by atoms with Crippen LogP contribution in [-0.2, 0) is 5.88 Å². The lowest BCUT2D eigenvalue weighted by molar-refractivity contribution is 0.531. The van der Waals surface area contributed by atoms with Crippen molar-refractivity contribution < 1.29 is 13.2 Å². The van der Waals surface area contributed by atoms with Crippen molar-refractivity contribution in [2.24, 2.45) is 0 Å². The number of benzene rings is 1. The van der Waals surface area contributed by atoms with E-state index in [0.29, 0.717) is 12.1 Å². The summed E-state index contributed by atoms with van der Waals surface area (Å²) in [6.45, 7) is 0. The Morgan fingerprint density at radius 2 is 1.55 bits per heavy atom. The zero-order valence-corrected chi connectivity index (χ0v) is 6.13. The smallest absolute Gasteiger partial charge is 0.133 e. The fourth-order valence-corrected chi connectivity index (χ4v) is 0.955. The zero-order valence-electron chi connectivity index (χ0n) is 5.37. The third-order valence-corrected chi connectivity index (χ3v) is 1.51. The summed E-state index contributed by atoms with van der Waals surface area (Å²) in [5.41, 5.74) is -0.298. The van der Waals surface area contributed by atoms with Gasteiger partial charge in [0, 0.05) is 17.7 Å². The second kappa shape index (κ2) is 3.13. The Morgan fingerprint density at radius 1 is 1.09 bits per heavy atom. The van der Waals surface area contributed by atoms with Crippen molar-refractivity contribution in [2.45, 2.75) is 5.88 Å². The SMILES string of the molecule is Fc1cc(F)c(CCl)c(F)c1. The second-order valence-corrected chi connectivity index (χ2v) is 2.25. The molecule has 0 aromatic heterocycles. The third kappa shape index (κ3) is 1.66. The summed E-state index contributed by atoms with van der Waals surface area (Å²) in [7, 11) is 0. The molecule has 0 bridgehead atoms. The fraction of sp³-hybridized carbons (Fsp3) is 0.143. The Bertz CT molecular complexity index is 249. The van der Waals surface area contributed by atoms with Crippen LogP contribution in [0.1, 0.15) is 5.56 Å². The van der Waals surface area contributed by atoms with E-state index in [0.717, 1.165) is 0 Å². The minimum Gasteiger partial charge on any atom is -0.207 e. The van der Waals surface area contributed by atoms with Crippen LogP contribution in [0.4, 0.5) is 13.2 Å². The molecule has 0 radical (unpaired) electrons. The van der Waals surface area contributed by atoms with Gasteiger partial charge in [0.05, 0.1) is 5.88 Å². The molecule has 0 heterocycles. The molecule has 1 aromatic rings. The molecule has 0 nitrogen and oxygen atoms in total. The topological polar surface area (TPSA) is 0 Å². The van der Waals surface area contributed by atoms with Crippen molar-refractivity contribution in [1.29, 1.82) is 0 Å². The quantitative estimate of drug-likeness (QED) is 0.583. The van der Waals surface area contributed by atoms with Gasteiger partial charge in [-0.25, -0.2) is 13.2 Å². The Hall–Kier alpha value is -0.700. The zero-order chi connectivity index (χ0) is 8.43. The van der Waals surface area contributed by atoms with Gasteiger partial charge in [0.15, 0.2) is 0 Å². The first-order valence-electron chi connectivity index (χ1n) is 2.84. The molecule has 0 saturated heterocycles. The average molecular weight is 181 g/mol. The van der Waals surface area contributed by atoms with E-state index in [1.165, 1.54) is 0 Å². The van der Waals surface area contributed by atoms with Crippen molar-refractivity contribution >= 4 is 11.6 Å². The molecule has 0 amide bonds. The van der Waals surface area contributed by atoms with Crippen LogP contribution in [-0.4, -0.2) is 0 Å². The third-order valence-electron chi connectivity index (χ3n) is 1.24. The van der Waals surface area contributed by atoms with E-state index < -0.39 is 17.5 Å². The lowest BCUT2D eigenvalue weighted by atomic mass is 10.2. The summed E-state index contributed by atoms with van der Waals surface area (Å²) in [4.78, 5) is 0. The number of hydrogen-bond donors (Lipinski definition) is 0. The van der Waals surface area contributed by atoms with Crippen LogP contribution in [0.3, 0.4) is 0 Å². The van der Waals surface area contributed by atoms with Crippen molar-refractivity contribution in [1.82, 2.24) is 0 Å². The minimum atomic E-state index is -0.947. The van der Waals surface area contributed by atoms with Crippen LogP contribution in [0.15, 0.2) is 12.1 Å². The van der Waals surface area contributed by atoms with Crippen LogP contribution >= 0.6 is 11.6 Å². The normalized spacial score (nSPS) is 10.2. The molecule has 4 heteroatoms. The predicted molar refractivity (Wildman–Crippen MR) is 35.9 cm³/mol. The van der Waals surface area contributed by atoms with E-state index in [4.69, 9.17) is 11.6 Å².